The maximum absolute atomic E-state index is 5.00. The van der Waals surface area contributed by atoms with Crippen molar-refractivity contribution < 1.29 is 4.74 Å². The van der Waals surface area contributed by atoms with Gasteiger partial charge in [0.1, 0.15) is 0 Å². The van der Waals surface area contributed by atoms with Crippen molar-refractivity contribution in [1.29, 1.82) is 0 Å². The van der Waals surface area contributed by atoms with Crippen molar-refractivity contribution in [1.82, 2.24) is 0 Å². The van der Waals surface area contributed by atoms with Gasteiger partial charge in [-0.05, 0) is 18.3 Å². The van der Waals surface area contributed by atoms with Crippen LogP contribution in [0.1, 0.15) is 59.3 Å². The molecule has 1 nitrogen and oxygen atoms in total. The zero-order valence-corrected chi connectivity index (χ0v) is 9.86. The standard InChI is InChI=1S/C12H26O/c1-12(2,3)10-8-6-5-7-9-11-13-4/h5-11H2,1-4H3. The average Bonchev–Trinajstić information content (AvgIpc) is 2.01. The Hall–Kier alpha value is -0.0400. The Bertz CT molecular complexity index is 102. The number of hydrogen-bond donors (Lipinski definition) is 0. The molecule has 0 atom stereocenters. The minimum absolute atomic E-state index is 0.520. The van der Waals surface area contributed by atoms with Crippen LogP contribution >= 0.6 is 0 Å². The van der Waals surface area contributed by atoms with Crippen LogP contribution in [0, 0.1) is 5.41 Å². The number of rotatable bonds is 7. The van der Waals surface area contributed by atoms with E-state index in [1.165, 1.54) is 38.5 Å². The second-order valence-electron chi connectivity index (χ2n) is 5.07. The predicted octanol–water partition coefficient (Wildman–Crippen LogP) is 4.02. The predicted molar refractivity (Wildman–Crippen MR) is 59.0 cm³/mol. The van der Waals surface area contributed by atoms with Crippen molar-refractivity contribution in [3.05, 3.63) is 0 Å². The Morgan fingerprint density at radius 2 is 1.38 bits per heavy atom. The molecule has 0 fully saturated rings. The van der Waals surface area contributed by atoms with Gasteiger partial charge < -0.3 is 4.74 Å². The van der Waals surface area contributed by atoms with Crippen LogP contribution < -0.4 is 0 Å². The van der Waals surface area contributed by atoms with E-state index >= 15 is 0 Å². The third-order valence-corrected chi connectivity index (χ3v) is 2.28. The molecule has 0 N–H and O–H groups in total. The van der Waals surface area contributed by atoms with Gasteiger partial charge in [0.05, 0.1) is 0 Å². The van der Waals surface area contributed by atoms with Crippen LogP contribution in [0.15, 0.2) is 0 Å². The first-order valence-electron chi connectivity index (χ1n) is 5.55. The lowest BCUT2D eigenvalue weighted by atomic mass is 9.89. The van der Waals surface area contributed by atoms with Gasteiger partial charge in [-0.2, -0.15) is 0 Å². The summed E-state index contributed by atoms with van der Waals surface area (Å²) in [6, 6.07) is 0. The van der Waals surface area contributed by atoms with Crippen molar-refractivity contribution in [2.45, 2.75) is 59.3 Å². The van der Waals surface area contributed by atoms with E-state index in [9.17, 15) is 0 Å². The SMILES string of the molecule is COCCCCCCCC(C)(C)C. The number of hydrogen-bond acceptors (Lipinski definition) is 1. The highest BCUT2D eigenvalue weighted by molar-refractivity contribution is 4.60. The molecule has 0 unspecified atom stereocenters. The van der Waals surface area contributed by atoms with Gasteiger partial charge in [-0.3, -0.25) is 0 Å². The van der Waals surface area contributed by atoms with Crippen LogP contribution in [0.25, 0.3) is 0 Å². The van der Waals surface area contributed by atoms with Crippen LogP contribution in [0.5, 0.6) is 0 Å². The first-order chi connectivity index (χ1) is 6.06. The summed E-state index contributed by atoms with van der Waals surface area (Å²) in [4.78, 5) is 0. The fourth-order valence-corrected chi connectivity index (χ4v) is 1.43. The average molecular weight is 186 g/mol. The van der Waals surface area contributed by atoms with Gasteiger partial charge in [-0.15, -0.1) is 0 Å². The second-order valence-corrected chi connectivity index (χ2v) is 5.07. The van der Waals surface area contributed by atoms with Crippen LogP contribution in [-0.4, -0.2) is 13.7 Å². The summed E-state index contributed by atoms with van der Waals surface area (Å²) in [5, 5.41) is 0. The lowest BCUT2D eigenvalue weighted by Gasteiger charge is -2.17. The van der Waals surface area contributed by atoms with Gasteiger partial charge >= 0.3 is 0 Å². The number of methoxy groups -OCH3 is 1. The monoisotopic (exact) mass is 186 g/mol. The van der Waals surface area contributed by atoms with E-state index in [2.05, 4.69) is 20.8 Å². The summed E-state index contributed by atoms with van der Waals surface area (Å²) >= 11 is 0. The highest BCUT2D eigenvalue weighted by Crippen LogP contribution is 2.22. The van der Waals surface area contributed by atoms with Crippen molar-refractivity contribution in [2.75, 3.05) is 13.7 Å². The first-order valence-corrected chi connectivity index (χ1v) is 5.55. The number of ether oxygens (including phenoxy) is 1. The minimum Gasteiger partial charge on any atom is -0.385 e. The summed E-state index contributed by atoms with van der Waals surface area (Å²) < 4.78 is 5.00. The maximum Gasteiger partial charge on any atom is 0.0462 e. The molecular weight excluding hydrogens is 160 g/mol. The molecule has 0 saturated carbocycles. The van der Waals surface area contributed by atoms with Crippen molar-refractivity contribution in [2.24, 2.45) is 5.41 Å². The Morgan fingerprint density at radius 1 is 0.846 bits per heavy atom. The molecular formula is C12H26O. The molecule has 0 aliphatic rings. The lowest BCUT2D eigenvalue weighted by Crippen LogP contribution is -2.03. The van der Waals surface area contributed by atoms with Gasteiger partial charge in [0.15, 0.2) is 0 Å². The summed E-state index contributed by atoms with van der Waals surface area (Å²) in [5.41, 5.74) is 0.520. The van der Waals surface area contributed by atoms with Gasteiger partial charge in [-0.1, -0.05) is 46.5 Å². The summed E-state index contributed by atoms with van der Waals surface area (Å²) in [6.45, 7) is 7.88. The quantitative estimate of drug-likeness (QED) is 0.546. The highest BCUT2D eigenvalue weighted by atomic mass is 16.5. The Labute approximate surface area is 83.9 Å². The molecule has 0 aromatic carbocycles. The molecule has 0 aliphatic heterocycles. The maximum atomic E-state index is 5.00. The van der Waals surface area contributed by atoms with Crippen molar-refractivity contribution in [3.8, 4) is 0 Å². The van der Waals surface area contributed by atoms with Crippen LogP contribution in [0.4, 0.5) is 0 Å². The Kier molecular flexibility index (Phi) is 7.35. The van der Waals surface area contributed by atoms with E-state index in [0.29, 0.717) is 5.41 Å². The molecule has 80 valence electrons. The summed E-state index contributed by atoms with van der Waals surface area (Å²) in [6.07, 6.45) is 8.07. The zero-order chi connectivity index (χ0) is 10.2. The van der Waals surface area contributed by atoms with E-state index in [1.807, 2.05) is 0 Å². The smallest absolute Gasteiger partial charge is 0.0462 e. The second kappa shape index (κ2) is 7.37. The fourth-order valence-electron chi connectivity index (χ4n) is 1.43. The van der Waals surface area contributed by atoms with Crippen molar-refractivity contribution >= 4 is 0 Å². The van der Waals surface area contributed by atoms with Crippen LogP contribution in [-0.2, 0) is 4.74 Å². The highest BCUT2D eigenvalue weighted by Gasteiger charge is 2.08. The summed E-state index contributed by atoms with van der Waals surface area (Å²) in [5.74, 6) is 0. The Morgan fingerprint density at radius 3 is 1.92 bits per heavy atom. The molecule has 0 aliphatic carbocycles. The largest absolute Gasteiger partial charge is 0.385 e. The van der Waals surface area contributed by atoms with Gasteiger partial charge in [0.25, 0.3) is 0 Å². The lowest BCUT2D eigenvalue weighted by molar-refractivity contribution is 0.191. The van der Waals surface area contributed by atoms with E-state index in [1.54, 1.807) is 7.11 Å². The molecule has 0 saturated heterocycles. The van der Waals surface area contributed by atoms with E-state index in [-0.39, 0.29) is 0 Å². The minimum atomic E-state index is 0.520. The normalized spacial score (nSPS) is 12.0. The summed E-state index contributed by atoms with van der Waals surface area (Å²) in [7, 11) is 1.78. The molecule has 13 heavy (non-hydrogen) atoms. The molecule has 0 amide bonds. The fraction of sp³-hybridized carbons (Fsp3) is 1.00. The Balaban J connectivity index is 3.00. The number of unbranched alkanes of at least 4 members (excludes halogenated alkanes) is 4. The molecule has 0 heterocycles. The van der Waals surface area contributed by atoms with Crippen LogP contribution in [0.2, 0.25) is 0 Å². The molecule has 0 radical (unpaired) electrons. The van der Waals surface area contributed by atoms with E-state index in [4.69, 9.17) is 4.74 Å². The van der Waals surface area contributed by atoms with Crippen molar-refractivity contribution in [3.63, 3.8) is 0 Å². The van der Waals surface area contributed by atoms with Gasteiger partial charge in [0, 0.05) is 13.7 Å². The van der Waals surface area contributed by atoms with Gasteiger partial charge in [0.2, 0.25) is 0 Å². The molecule has 0 aromatic heterocycles. The molecule has 0 rings (SSSR count). The first kappa shape index (κ1) is 13.0. The zero-order valence-electron chi connectivity index (χ0n) is 9.86. The van der Waals surface area contributed by atoms with E-state index in [0.717, 1.165) is 6.61 Å². The topological polar surface area (TPSA) is 9.23 Å². The van der Waals surface area contributed by atoms with Crippen LogP contribution in [0.3, 0.4) is 0 Å². The molecule has 0 bridgehead atoms. The third-order valence-electron chi connectivity index (χ3n) is 2.28. The molecule has 0 spiro atoms. The molecule has 0 aromatic rings. The van der Waals surface area contributed by atoms with E-state index < -0.39 is 0 Å². The van der Waals surface area contributed by atoms with Gasteiger partial charge in [-0.25, -0.2) is 0 Å². The third kappa shape index (κ3) is 12.0. The molecule has 1 heteroatoms.